The molecular formula is C11H13N3. The van der Waals surface area contributed by atoms with E-state index in [1.54, 1.807) is 6.20 Å². The largest absolute Gasteiger partial charge is 0.264 e. The summed E-state index contributed by atoms with van der Waals surface area (Å²) in [5, 5.41) is 9.43. The molecule has 0 saturated heterocycles. The molecular weight excluding hydrogens is 174 g/mol. The van der Waals surface area contributed by atoms with Crippen molar-refractivity contribution in [2.24, 2.45) is 0 Å². The minimum atomic E-state index is 0.465. The van der Waals surface area contributed by atoms with E-state index in [2.05, 4.69) is 35.1 Å². The fourth-order valence-corrected chi connectivity index (χ4v) is 1.35. The highest BCUT2D eigenvalue weighted by atomic mass is 15.1. The highest BCUT2D eigenvalue weighted by Gasteiger charge is 2.05. The normalized spacial score (nSPS) is 13.0. The topological polar surface area (TPSA) is 38.7 Å². The van der Waals surface area contributed by atoms with Crippen LogP contribution in [0, 0.1) is 0 Å². The predicted octanol–water partition coefficient (Wildman–Crippen LogP) is 2.54. The third-order valence-electron chi connectivity index (χ3n) is 2.52. The van der Waals surface area contributed by atoms with Gasteiger partial charge in [-0.25, -0.2) is 0 Å². The minimum absolute atomic E-state index is 0.465. The summed E-state index contributed by atoms with van der Waals surface area (Å²) in [5.74, 6) is 0.465. The summed E-state index contributed by atoms with van der Waals surface area (Å²) in [6.07, 6.45) is 4.65. The van der Waals surface area contributed by atoms with Crippen LogP contribution in [-0.4, -0.2) is 15.2 Å². The Morgan fingerprint density at radius 1 is 1.36 bits per heavy atom. The van der Waals surface area contributed by atoms with Gasteiger partial charge in [0.15, 0.2) is 0 Å². The van der Waals surface area contributed by atoms with Crippen LogP contribution in [0.4, 0.5) is 0 Å². The van der Waals surface area contributed by atoms with Gasteiger partial charge < -0.3 is 0 Å². The molecule has 2 rings (SSSR count). The van der Waals surface area contributed by atoms with E-state index in [4.69, 9.17) is 0 Å². The van der Waals surface area contributed by atoms with E-state index in [0.29, 0.717) is 5.92 Å². The van der Waals surface area contributed by atoms with Crippen LogP contribution in [0.15, 0.2) is 24.5 Å². The monoisotopic (exact) mass is 187 g/mol. The summed E-state index contributed by atoms with van der Waals surface area (Å²) in [5.41, 5.74) is 1.96. The maximum absolute atomic E-state index is 4.20. The molecule has 0 radical (unpaired) electrons. The summed E-state index contributed by atoms with van der Waals surface area (Å²) in [4.78, 5) is 4.07. The van der Waals surface area contributed by atoms with Crippen LogP contribution in [0.5, 0.6) is 0 Å². The van der Waals surface area contributed by atoms with Gasteiger partial charge in [-0.3, -0.25) is 4.98 Å². The molecule has 0 aliphatic carbocycles. The van der Waals surface area contributed by atoms with Crippen LogP contribution in [0.25, 0.3) is 10.9 Å². The molecule has 1 unspecified atom stereocenters. The number of hydrogen-bond donors (Lipinski definition) is 0. The molecule has 3 heteroatoms. The van der Waals surface area contributed by atoms with Crippen LogP contribution in [-0.2, 0) is 0 Å². The van der Waals surface area contributed by atoms with E-state index in [-0.39, 0.29) is 0 Å². The molecule has 0 spiro atoms. The molecule has 0 bridgehead atoms. The molecule has 0 saturated carbocycles. The van der Waals surface area contributed by atoms with Crippen molar-refractivity contribution in [3.63, 3.8) is 0 Å². The highest BCUT2D eigenvalue weighted by molar-refractivity contribution is 5.76. The molecule has 0 aliphatic rings. The second kappa shape index (κ2) is 3.70. The number of pyridine rings is 1. The van der Waals surface area contributed by atoms with Gasteiger partial charge in [-0.15, -0.1) is 0 Å². The van der Waals surface area contributed by atoms with Crippen molar-refractivity contribution < 1.29 is 0 Å². The second-order valence-electron chi connectivity index (χ2n) is 3.51. The number of nitrogens with zero attached hydrogens (tertiary/aromatic N) is 3. The summed E-state index contributed by atoms with van der Waals surface area (Å²) >= 11 is 0. The lowest BCUT2D eigenvalue weighted by atomic mass is 10.0. The van der Waals surface area contributed by atoms with E-state index in [1.165, 1.54) is 0 Å². The minimum Gasteiger partial charge on any atom is -0.264 e. The molecule has 0 aliphatic heterocycles. The Balaban J connectivity index is 2.51. The average molecular weight is 187 g/mol. The maximum Gasteiger partial charge on any atom is 0.0960 e. The zero-order chi connectivity index (χ0) is 9.97. The van der Waals surface area contributed by atoms with Gasteiger partial charge in [0.1, 0.15) is 0 Å². The zero-order valence-corrected chi connectivity index (χ0v) is 8.44. The van der Waals surface area contributed by atoms with Crippen molar-refractivity contribution in [2.75, 3.05) is 0 Å². The van der Waals surface area contributed by atoms with Crippen LogP contribution in [0.3, 0.4) is 0 Å². The zero-order valence-electron chi connectivity index (χ0n) is 8.44. The van der Waals surface area contributed by atoms with Crippen molar-refractivity contribution in [1.82, 2.24) is 15.2 Å². The van der Waals surface area contributed by atoms with Crippen molar-refractivity contribution in [1.29, 1.82) is 0 Å². The molecule has 2 heterocycles. The van der Waals surface area contributed by atoms with E-state index >= 15 is 0 Å². The van der Waals surface area contributed by atoms with Gasteiger partial charge in [0.2, 0.25) is 0 Å². The first-order valence-electron chi connectivity index (χ1n) is 4.88. The molecule has 3 nitrogen and oxygen atoms in total. The Morgan fingerprint density at radius 3 is 3.00 bits per heavy atom. The molecule has 0 aromatic carbocycles. The van der Waals surface area contributed by atoms with E-state index in [1.807, 2.05) is 12.3 Å². The number of fused-ring (bicyclic) bond motifs is 1. The molecule has 1 atom stereocenters. The van der Waals surface area contributed by atoms with E-state index in [9.17, 15) is 0 Å². The number of hydrogen-bond acceptors (Lipinski definition) is 3. The molecule has 0 N–H and O–H groups in total. The number of rotatable bonds is 2. The maximum atomic E-state index is 4.20. The number of aromatic nitrogens is 3. The summed E-state index contributed by atoms with van der Waals surface area (Å²) in [6, 6.07) is 3.95. The molecule has 14 heavy (non-hydrogen) atoms. The molecule has 0 amide bonds. The van der Waals surface area contributed by atoms with Crippen molar-refractivity contribution >= 4 is 10.9 Å². The summed E-state index contributed by atoms with van der Waals surface area (Å²) < 4.78 is 0. The van der Waals surface area contributed by atoms with E-state index in [0.717, 1.165) is 23.0 Å². The Morgan fingerprint density at radius 2 is 2.21 bits per heavy atom. The summed E-state index contributed by atoms with van der Waals surface area (Å²) in [7, 11) is 0. The first kappa shape index (κ1) is 9.06. The first-order valence-corrected chi connectivity index (χ1v) is 4.88. The van der Waals surface area contributed by atoms with Crippen molar-refractivity contribution in [2.45, 2.75) is 26.2 Å². The van der Waals surface area contributed by atoms with Crippen LogP contribution in [0.1, 0.15) is 31.9 Å². The molecule has 2 aromatic heterocycles. The van der Waals surface area contributed by atoms with Crippen molar-refractivity contribution in [3.8, 4) is 0 Å². The molecule has 72 valence electrons. The van der Waals surface area contributed by atoms with Gasteiger partial charge in [0, 0.05) is 17.8 Å². The Bertz CT molecular complexity index is 439. The molecule has 2 aromatic rings. The quantitative estimate of drug-likeness (QED) is 0.725. The Labute approximate surface area is 83.2 Å². The van der Waals surface area contributed by atoms with Gasteiger partial charge in [0.25, 0.3) is 0 Å². The second-order valence-corrected chi connectivity index (χ2v) is 3.51. The van der Waals surface area contributed by atoms with Crippen LogP contribution in [0.2, 0.25) is 0 Å². The highest BCUT2D eigenvalue weighted by Crippen LogP contribution is 2.18. The van der Waals surface area contributed by atoms with Gasteiger partial charge >= 0.3 is 0 Å². The predicted molar refractivity (Wildman–Crippen MR) is 56.0 cm³/mol. The lowest BCUT2D eigenvalue weighted by Gasteiger charge is -2.06. The van der Waals surface area contributed by atoms with Crippen LogP contribution < -0.4 is 0 Å². The lowest BCUT2D eigenvalue weighted by Crippen LogP contribution is -1.97. The van der Waals surface area contributed by atoms with Gasteiger partial charge in [-0.1, -0.05) is 13.8 Å². The smallest absolute Gasteiger partial charge is 0.0960 e. The van der Waals surface area contributed by atoms with Crippen LogP contribution >= 0.6 is 0 Å². The fourth-order valence-electron chi connectivity index (χ4n) is 1.35. The third-order valence-corrected chi connectivity index (χ3v) is 2.52. The van der Waals surface area contributed by atoms with Gasteiger partial charge in [-0.2, -0.15) is 10.2 Å². The molecule has 0 fully saturated rings. The Hall–Kier alpha value is -1.51. The van der Waals surface area contributed by atoms with Gasteiger partial charge in [-0.05, 0) is 24.5 Å². The summed E-state index contributed by atoms with van der Waals surface area (Å²) in [6.45, 7) is 4.31. The van der Waals surface area contributed by atoms with Gasteiger partial charge in [0.05, 0.1) is 11.2 Å². The fraction of sp³-hybridized carbons (Fsp3) is 0.364. The SMILES string of the molecule is CCC(C)c1cc2cnccc2nn1. The first-order chi connectivity index (χ1) is 6.81. The average Bonchev–Trinajstić information content (AvgIpc) is 2.27. The third kappa shape index (κ3) is 1.58. The van der Waals surface area contributed by atoms with Crippen molar-refractivity contribution in [3.05, 3.63) is 30.2 Å². The standard InChI is InChI=1S/C11H13N3/c1-3-8(2)11-6-9-7-12-5-4-10(9)13-14-11/h4-8H,3H2,1-2H3. The Kier molecular flexibility index (Phi) is 2.39. The lowest BCUT2D eigenvalue weighted by molar-refractivity contribution is 0.695. The van der Waals surface area contributed by atoms with E-state index < -0.39 is 0 Å².